The number of ether oxygens (including phenoxy) is 1. The van der Waals surface area contributed by atoms with E-state index in [2.05, 4.69) is 35.3 Å². The Kier molecular flexibility index (Phi) is 4.59. The predicted octanol–water partition coefficient (Wildman–Crippen LogP) is 3.45. The number of fused-ring (bicyclic) bond motifs is 1. The molecule has 3 aromatic rings. The molecule has 4 rings (SSSR count). The van der Waals surface area contributed by atoms with Crippen LogP contribution in [0.1, 0.15) is 39.0 Å². The lowest BCUT2D eigenvalue weighted by molar-refractivity contribution is -0.114. The predicted molar refractivity (Wildman–Crippen MR) is 112 cm³/mol. The molecule has 2 aromatic heterocycles. The van der Waals surface area contributed by atoms with Crippen LogP contribution in [0.3, 0.4) is 0 Å². The standard InChI is InChI=1S/C21H24N4O2S/c1-5-14-7-6-8-15(9-14)21(27-4)10-25(11-21)20(26)18-17(22)16-12(2)13(3)23-24-19(16)28-18/h6-9H,5,10-11,22H2,1-4H3. The average molecular weight is 397 g/mol. The van der Waals surface area contributed by atoms with Gasteiger partial charge in [0.15, 0.2) is 0 Å². The van der Waals surface area contributed by atoms with E-state index in [1.807, 2.05) is 19.9 Å². The summed E-state index contributed by atoms with van der Waals surface area (Å²) >= 11 is 1.31. The van der Waals surface area contributed by atoms with Crippen LogP contribution in [-0.2, 0) is 16.8 Å². The minimum atomic E-state index is -0.460. The van der Waals surface area contributed by atoms with E-state index in [9.17, 15) is 4.79 Å². The summed E-state index contributed by atoms with van der Waals surface area (Å²) in [5.41, 5.74) is 10.6. The Hall–Kier alpha value is -2.51. The number of hydrogen-bond donors (Lipinski definition) is 1. The molecule has 1 fully saturated rings. The van der Waals surface area contributed by atoms with Gasteiger partial charge in [-0.05, 0) is 37.0 Å². The minimum Gasteiger partial charge on any atom is -0.397 e. The quantitative estimate of drug-likeness (QED) is 0.730. The van der Waals surface area contributed by atoms with Gasteiger partial charge in [0.25, 0.3) is 5.91 Å². The maximum atomic E-state index is 13.1. The van der Waals surface area contributed by atoms with Crippen molar-refractivity contribution in [3.8, 4) is 0 Å². The number of hydrogen-bond acceptors (Lipinski definition) is 6. The summed E-state index contributed by atoms with van der Waals surface area (Å²) < 4.78 is 5.86. The van der Waals surface area contributed by atoms with E-state index in [0.29, 0.717) is 28.5 Å². The Balaban J connectivity index is 1.62. The van der Waals surface area contributed by atoms with Gasteiger partial charge in [-0.1, -0.05) is 31.2 Å². The third-order valence-corrected chi connectivity index (χ3v) is 6.84. The van der Waals surface area contributed by atoms with Crippen LogP contribution in [0.5, 0.6) is 0 Å². The maximum Gasteiger partial charge on any atom is 0.266 e. The summed E-state index contributed by atoms with van der Waals surface area (Å²) in [6, 6.07) is 8.39. The fourth-order valence-electron chi connectivity index (χ4n) is 3.76. The first-order chi connectivity index (χ1) is 13.4. The average Bonchev–Trinajstić information content (AvgIpc) is 3.01. The number of carbonyl (C=O) groups is 1. The molecule has 7 heteroatoms. The zero-order chi connectivity index (χ0) is 20.1. The van der Waals surface area contributed by atoms with E-state index >= 15 is 0 Å². The Bertz CT molecular complexity index is 1070. The Morgan fingerprint density at radius 2 is 2.07 bits per heavy atom. The van der Waals surface area contributed by atoms with E-state index < -0.39 is 5.60 Å². The lowest BCUT2D eigenvalue weighted by Crippen LogP contribution is -2.62. The molecule has 28 heavy (non-hydrogen) atoms. The number of rotatable bonds is 4. The molecule has 1 saturated heterocycles. The molecular weight excluding hydrogens is 372 g/mol. The molecule has 3 heterocycles. The fourth-order valence-corrected chi connectivity index (χ4v) is 4.83. The van der Waals surface area contributed by atoms with Crippen molar-refractivity contribution in [3.05, 3.63) is 51.5 Å². The van der Waals surface area contributed by atoms with E-state index in [-0.39, 0.29) is 5.91 Å². The van der Waals surface area contributed by atoms with Crippen molar-refractivity contribution in [1.82, 2.24) is 15.1 Å². The second-order valence-electron chi connectivity index (χ2n) is 7.35. The molecule has 146 valence electrons. The van der Waals surface area contributed by atoms with Gasteiger partial charge in [0.1, 0.15) is 15.3 Å². The normalized spacial score (nSPS) is 15.6. The van der Waals surface area contributed by atoms with Gasteiger partial charge in [0.2, 0.25) is 0 Å². The number of benzene rings is 1. The molecule has 0 radical (unpaired) electrons. The number of aryl methyl sites for hydroxylation is 3. The number of amides is 1. The van der Waals surface area contributed by atoms with Crippen LogP contribution < -0.4 is 5.73 Å². The summed E-state index contributed by atoms with van der Waals surface area (Å²) in [6.45, 7) is 7.00. The van der Waals surface area contributed by atoms with Crippen LogP contribution in [0.4, 0.5) is 5.69 Å². The molecular formula is C21H24N4O2S. The zero-order valence-electron chi connectivity index (χ0n) is 16.6. The topological polar surface area (TPSA) is 81.3 Å². The first kappa shape index (κ1) is 18.8. The highest BCUT2D eigenvalue weighted by Gasteiger charge is 2.47. The van der Waals surface area contributed by atoms with E-state index in [1.54, 1.807) is 12.0 Å². The maximum absolute atomic E-state index is 13.1. The summed E-state index contributed by atoms with van der Waals surface area (Å²) in [6.07, 6.45) is 0.967. The molecule has 2 N–H and O–H groups in total. The van der Waals surface area contributed by atoms with Crippen molar-refractivity contribution in [1.29, 1.82) is 0 Å². The van der Waals surface area contributed by atoms with Crippen LogP contribution in [0.2, 0.25) is 0 Å². The molecule has 0 bridgehead atoms. The van der Waals surface area contributed by atoms with E-state index in [0.717, 1.165) is 28.6 Å². The number of nitrogens with zero attached hydrogens (tertiary/aromatic N) is 3. The third kappa shape index (κ3) is 2.77. The van der Waals surface area contributed by atoms with Gasteiger partial charge < -0.3 is 15.4 Å². The highest BCUT2D eigenvalue weighted by Crippen LogP contribution is 2.40. The van der Waals surface area contributed by atoms with Crippen molar-refractivity contribution in [2.75, 3.05) is 25.9 Å². The molecule has 1 amide bonds. The molecule has 6 nitrogen and oxygen atoms in total. The molecule has 0 saturated carbocycles. The van der Waals surface area contributed by atoms with Gasteiger partial charge in [0, 0.05) is 12.5 Å². The van der Waals surface area contributed by atoms with Crippen LogP contribution in [0, 0.1) is 13.8 Å². The Labute approximate surface area is 168 Å². The monoisotopic (exact) mass is 396 g/mol. The van der Waals surface area contributed by atoms with Crippen molar-refractivity contribution in [2.45, 2.75) is 32.8 Å². The van der Waals surface area contributed by atoms with Crippen LogP contribution >= 0.6 is 11.3 Å². The van der Waals surface area contributed by atoms with Gasteiger partial charge in [0.05, 0.1) is 24.5 Å². The van der Waals surface area contributed by atoms with E-state index in [1.165, 1.54) is 16.9 Å². The molecule has 1 aliphatic heterocycles. The van der Waals surface area contributed by atoms with Crippen molar-refractivity contribution >= 4 is 33.1 Å². The first-order valence-electron chi connectivity index (χ1n) is 9.36. The number of thiophene rings is 1. The number of methoxy groups -OCH3 is 1. The minimum absolute atomic E-state index is 0.0723. The highest BCUT2D eigenvalue weighted by molar-refractivity contribution is 7.21. The van der Waals surface area contributed by atoms with Crippen molar-refractivity contribution in [3.63, 3.8) is 0 Å². The van der Waals surface area contributed by atoms with Crippen LogP contribution in [0.25, 0.3) is 10.2 Å². The molecule has 1 aliphatic rings. The van der Waals surface area contributed by atoms with Gasteiger partial charge >= 0.3 is 0 Å². The molecule has 0 unspecified atom stereocenters. The number of carbonyl (C=O) groups excluding carboxylic acids is 1. The summed E-state index contributed by atoms with van der Waals surface area (Å²) in [7, 11) is 1.70. The Morgan fingerprint density at radius 1 is 1.32 bits per heavy atom. The molecule has 0 atom stereocenters. The third-order valence-electron chi connectivity index (χ3n) is 5.76. The second-order valence-corrected chi connectivity index (χ2v) is 8.35. The summed E-state index contributed by atoms with van der Waals surface area (Å²) in [4.78, 5) is 16.2. The Morgan fingerprint density at radius 3 is 2.75 bits per heavy atom. The highest BCUT2D eigenvalue weighted by atomic mass is 32.1. The lowest BCUT2D eigenvalue weighted by atomic mass is 9.84. The van der Waals surface area contributed by atoms with Gasteiger partial charge in [-0.25, -0.2) is 0 Å². The second kappa shape index (κ2) is 6.83. The number of nitrogens with two attached hydrogens (primary N) is 1. The first-order valence-corrected chi connectivity index (χ1v) is 10.2. The van der Waals surface area contributed by atoms with Gasteiger partial charge in [-0.3, -0.25) is 4.79 Å². The van der Waals surface area contributed by atoms with Crippen molar-refractivity contribution < 1.29 is 9.53 Å². The van der Waals surface area contributed by atoms with Crippen LogP contribution in [0.15, 0.2) is 24.3 Å². The summed E-state index contributed by atoms with van der Waals surface area (Å²) in [5, 5.41) is 9.21. The lowest BCUT2D eigenvalue weighted by Gasteiger charge is -2.49. The SMILES string of the molecule is CCc1cccc(C2(OC)CN(C(=O)c3sc4nnc(C)c(C)c4c3N)C2)c1. The largest absolute Gasteiger partial charge is 0.397 e. The number of aromatic nitrogens is 2. The molecule has 1 aromatic carbocycles. The van der Waals surface area contributed by atoms with E-state index in [4.69, 9.17) is 10.5 Å². The summed E-state index contributed by atoms with van der Waals surface area (Å²) in [5.74, 6) is -0.0723. The van der Waals surface area contributed by atoms with Crippen LogP contribution in [-0.4, -0.2) is 41.2 Å². The van der Waals surface area contributed by atoms with Gasteiger partial charge in [-0.2, -0.15) is 5.10 Å². The zero-order valence-corrected chi connectivity index (χ0v) is 17.4. The molecule has 0 aliphatic carbocycles. The molecule has 0 spiro atoms. The smallest absolute Gasteiger partial charge is 0.266 e. The fraction of sp³-hybridized carbons (Fsp3) is 0.381. The number of nitrogen functional groups attached to an aromatic ring is 1. The number of likely N-dealkylation sites (tertiary alicyclic amines) is 1. The number of anilines is 1. The van der Waals surface area contributed by atoms with Crippen molar-refractivity contribution in [2.24, 2.45) is 0 Å². The van der Waals surface area contributed by atoms with Gasteiger partial charge in [-0.15, -0.1) is 16.4 Å².